The number of hydrogen-bond acceptors (Lipinski definition) is 4. The monoisotopic (exact) mass is 433 g/mol. The molecule has 1 aromatic rings. The van der Waals surface area contributed by atoms with E-state index >= 15 is 0 Å². The molecule has 2 fully saturated rings. The lowest BCUT2D eigenvalue weighted by Gasteiger charge is -2.34. The van der Waals surface area contributed by atoms with Crippen molar-refractivity contribution >= 4 is 17.7 Å². The Balaban J connectivity index is 1.55. The lowest BCUT2D eigenvalue weighted by atomic mass is 9.94. The SMILES string of the molecule is COc1ccc(C(=O)N2CCC(C(=O)N3CCCCCCNC(=O)CC3)CC2)cc1F. The molecule has 1 N–H and O–H groups in total. The molecule has 0 unspecified atom stereocenters. The molecule has 170 valence electrons. The zero-order valence-corrected chi connectivity index (χ0v) is 18.2. The Labute approximate surface area is 182 Å². The number of carbonyl (C=O) groups excluding carboxylic acids is 3. The van der Waals surface area contributed by atoms with Gasteiger partial charge in [-0.25, -0.2) is 4.39 Å². The van der Waals surface area contributed by atoms with E-state index in [9.17, 15) is 18.8 Å². The molecule has 0 atom stereocenters. The summed E-state index contributed by atoms with van der Waals surface area (Å²) in [6.07, 6.45) is 5.49. The number of likely N-dealkylation sites (tertiary alicyclic amines) is 1. The summed E-state index contributed by atoms with van der Waals surface area (Å²) in [7, 11) is 1.38. The van der Waals surface area contributed by atoms with E-state index in [4.69, 9.17) is 4.74 Å². The van der Waals surface area contributed by atoms with Crippen molar-refractivity contribution in [2.24, 2.45) is 5.92 Å². The van der Waals surface area contributed by atoms with Gasteiger partial charge in [0.25, 0.3) is 5.91 Å². The van der Waals surface area contributed by atoms with Gasteiger partial charge in [-0.05, 0) is 43.9 Å². The molecule has 1 aromatic carbocycles. The zero-order chi connectivity index (χ0) is 22.2. The van der Waals surface area contributed by atoms with Crippen LogP contribution >= 0.6 is 0 Å². The number of benzene rings is 1. The average molecular weight is 434 g/mol. The number of methoxy groups -OCH3 is 1. The van der Waals surface area contributed by atoms with Crippen LogP contribution in [-0.4, -0.2) is 67.4 Å². The van der Waals surface area contributed by atoms with Gasteiger partial charge in [0.05, 0.1) is 7.11 Å². The molecular weight excluding hydrogens is 401 g/mol. The van der Waals surface area contributed by atoms with Gasteiger partial charge in [0.15, 0.2) is 11.6 Å². The van der Waals surface area contributed by atoms with Gasteiger partial charge >= 0.3 is 0 Å². The van der Waals surface area contributed by atoms with Gasteiger partial charge in [0.1, 0.15) is 0 Å². The highest BCUT2D eigenvalue weighted by atomic mass is 19.1. The second kappa shape index (κ2) is 11.1. The minimum absolute atomic E-state index is 0.00756. The second-order valence-corrected chi connectivity index (χ2v) is 8.26. The first-order chi connectivity index (χ1) is 15.0. The topological polar surface area (TPSA) is 79.0 Å². The lowest BCUT2D eigenvalue weighted by molar-refractivity contribution is -0.137. The Morgan fingerprint density at radius 1 is 1.03 bits per heavy atom. The molecule has 2 aliphatic rings. The molecule has 0 aromatic heterocycles. The van der Waals surface area contributed by atoms with Crippen LogP contribution in [-0.2, 0) is 9.59 Å². The van der Waals surface area contributed by atoms with E-state index in [2.05, 4.69) is 5.32 Å². The van der Waals surface area contributed by atoms with Crippen molar-refractivity contribution in [2.75, 3.05) is 39.8 Å². The maximum absolute atomic E-state index is 13.9. The summed E-state index contributed by atoms with van der Waals surface area (Å²) in [5.41, 5.74) is 0.279. The Kier molecular flexibility index (Phi) is 8.26. The van der Waals surface area contributed by atoms with Crippen LogP contribution in [0.2, 0.25) is 0 Å². The summed E-state index contributed by atoms with van der Waals surface area (Å²) in [4.78, 5) is 41.3. The van der Waals surface area contributed by atoms with Gasteiger partial charge in [-0.1, -0.05) is 12.8 Å². The summed E-state index contributed by atoms with van der Waals surface area (Å²) in [6.45, 7) is 2.73. The van der Waals surface area contributed by atoms with Crippen molar-refractivity contribution in [1.29, 1.82) is 0 Å². The van der Waals surface area contributed by atoms with Crippen LogP contribution in [0.5, 0.6) is 5.75 Å². The third-order valence-electron chi connectivity index (χ3n) is 6.13. The highest BCUT2D eigenvalue weighted by Gasteiger charge is 2.31. The number of rotatable bonds is 3. The van der Waals surface area contributed by atoms with Gasteiger partial charge in [-0.15, -0.1) is 0 Å². The molecule has 0 saturated carbocycles. The van der Waals surface area contributed by atoms with Crippen molar-refractivity contribution in [3.8, 4) is 5.75 Å². The summed E-state index contributed by atoms with van der Waals surface area (Å²) >= 11 is 0. The number of nitrogens with zero attached hydrogens (tertiary/aromatic N) is 2. The van der Waals surface area contributed by atoms with E-state index in [-0.39, 0.29) is 35.0 Å². The number of hydrogen-bond donors (Lipinski definition) is 1. The first kappa shape index (κ1) is 23.0. The summed E-state index contributed by atoms with van der Waals surface area (Å²) in [5, 5.41) is 2.91. The number of nitrogens with one attached hydrogen (secondary N) is 1. The first-order valence-electron chi connectivity index (χ1n) is 11.2. The Bertz CT molecular complexity index is 793. The van der Waals surface area contributed by atoms with E-state index in [0.717, 1.165) is 25.7 Å². The van der Waals surface area contributed by atoms with Crippen LogP contribution < -0.4 is 10.1 Å². The predicted molar refractivity (Wildman–Crippen MR) is 114 cm³/mol. The molecule has 0 radical (unpaired) electrons. The molecule has 3 rings (SSSR count). The fourth-order valence-electron chi connectivity index (χ4n) is 4.24. The molecule has 7 nitrogen and oxygen atoms in total. The number of piperidine rings is 1. The molecule has 2 heterocycles. The fourth-order valence-corrected chi connectivity index (χ4v) is 4.24. The van der Waals surface area contributed by atoms with Crippen molar-refractivity contribution in [3.05, 3.63) is 29.6 Å². The first-order valence-corrected chi connectivity index (χ1v) is 11.2. The largest absolute Gasteiger partial charge is 0.494 e. The average Bonchev–Trinajstić information content (AvgIpc) is 2.83. The van der Waals surface area contributed by atoms with Gasteiger partial charge in [-0.3, -0.25) is 14.4 Å². The Morgan fingerprint density at radius 2 is 1.77 bits per heavy atom. The molecule has 0 bridgehead atoms. The molecular formula is C23H32FN3O4. The maximum Gasteiger partial charge on any atom is 0.253 e. The van der Waals surface area contributed by atoms with Crippen LogP contribution in [0.25, 0.3) is 0 Å². The van der Waals surface area contributed by atoms with Gasteiger partial charge in [0, 0.05) is 50.6 Å². The molecule has 8 heteroatoms. The van der Waals surface area contributed by atoms with Crippen LogP contribution in [0.4, 0.5) is 4.39 Å². The zero-order valence-electron chi connectivity index (χ0n) is 18.2. The predicted octanol–water partition coefficient (Wildman–Crippen LogP) is 2.60. The third kappa shape index (κ3) is 6.18. The number of ether oxygens (including phenoxy) is 1. The van der Waals surface area contributed by atoms with Crippen LogP contribution in [0, 0.1) is 11.7 Å². The minimum atomic E-state index is -0.568. The smallest absolute Gasteiger partial charge is 0.253 e. The minimum Gasteiger partial charge on any atom is -0.494 e. The summed E-state index contributed by atoms with van der Waals surface area (Å²) in [6, 6.07) is 4.20. The van der Waals surface area contributed by atoms with Crippen LogP contribution in [0.3, 0.4) is 0 Å². The maximum atomic E-state index is 13.9. The van der Waals surface area contributed by atoms with E-state index in [1.807, 2.05) is 4.90 Å². The molecule has 0 aliphatic carbocycles. The number of amides is 3. The molecule has 0 spiro atoms. The Morgan fingerprint density at radius 3 is 2.48 bits per heavy atom. The second-order valence-electron chi connectivity index (χ2n) is 8.26. The van der Waals surface area contributed by atoms with Crippen molar-refractivity contribution in [2.45, 2.75) is 44.9 Å². The standard InChI is InChI=1S/C23H32FN3O4/c1-31-20-7-6-18(16-19(20)24)23(30)27-13-8-17(9-14-27)22(29)26-12-5-3-2-4-11-25-21(28)10-15-26/h6-7,16-17H,2-5,8-15H2,1H3,(H,25,28). The normalized spacial score (nSPS) is 19.4. The van der Waals surface area contributed by atoms with E-state index in [1.54, 1.807) is 11.0 Å². The summed E-state index contributed by atoms with van der Waals surface area (Å²) in [5.74, 6) is -0.780. The number of carbonyl (C=O) groups is 3. The molecule has 31 heavy (non-hydrogen) atoms. The van der Waals surface area contributed by atoms with Crippen molar-refractivity contribution in [3.63, 3.8) is 0 Å². The van der Waals surface area contributed by atoms with Crippen molar-refractivity contribution in [1.82, 2.24) is 15.1 Å². The van der Waals surface area contributed by atoms with Crippen molar-refractivity contribution < 1.29 is 23.5 Å². The summed E-state index contributed by atoms with van der Waals surface area (Å²) < 4.78 is 18.8. The lowest BCUT2D eigenvalue weighted by Crippen LogP contribution is -2.45. The Hall–Kier alpha value is -2.64. The highest BCUT2D eigenvalue weighted by molar-refractivity contribution is 5.94. The quantitative estimate of drug-likeness (QED) is 0.795. The van der Waals surface area contributed by atoms with Gasteiger partial charge in [0.2, 0.25) is 11.8 Å². The number of halogens is 1. The third-order valence-corrected chi connectivity index (χ3v) is 6.13. The highest BCUT2D eigenvalue weighted by Crippen LogP contribution is 2.24. The van der Waals surface area contributed by atoms with E-state index < -0.39 is 5.82 Å². The molecule has 2 aliphatic heterocycles. The fraction of sp³-hybridized carbons (Fsp3) is 0.609. The van der Waals surface area contributed by atoms with E-state index in [1.165, 1.54) is 19.2 Å². The van der Waals surface area contributed by atoms with E-state index in [0.29, 0.717) is 52.0 Å². The molecule has 3 amide bonds. The van der Waals surface area contributed by atoms with Gasteiger partial charge in [-0.2, -0.15) is 0 Å². The van der Waals surface area contributed by atoms with Gasteiger partial charge < -0.3 is 19.9 Å². The van der Waals surface area contributed by atoms with Crippen LogP contribution in [0.1, 0.15) is 55.3 Å². The van der Waals surface area contributed by atoms with Crippen LogP contribution in [0.15, 0.2) is 18.2 Å². The molecule has 2 saturated heterocycles.